The zero-order valence-electron chi connectivity index (χ0n) is 15.3. The molecule has 142 valence electrons. The van der Waals surface area contributed by atoms with Gasteiger partial charge in [0.15, 0.2) is 0 Å². The molecule has 2 aromatic carbocycles. The van der Waals surface area contributed by atoms with E-state index in [1.165, 1.54) is 11.6 Å². The van der Waals surface area contributed by atoms with Crippen LogP contribution in [0.15, 0.2) is 83.8 Å². The minimum absolute atomic E-state index is 0.498. The highest BCUT2D eigenvalue weighted by Gasteiger charge is 2.07. The molecule has 0 aliphatic heterocycles. The van der Waals surface area contributed by atoms with Crippen LogP contribution in [0.5, 0.6) is 5.75 Å². The zero-order valence-corrected chi connectivity index (χ0v) is 16.1. The number of carboxylic acids is 1. The van der Waals surface area contributed by atoms with Crippen molar-refractivity contribution in [2.75, 3.05) is 6.61 Å². The molecule has 3 rings (SSSR count). The molecule has 0 saturated heterocycles. The molecule has 0 spiro atoms. The number of carbonyl (C=O) groups is 1. The molecule has 1 heterocycles. The van der Waals surface area contributed by atoms with Gasteiger partial charge in [0, 0.05) is 23.1 Å². The number of hydrogen-bond acceptors (Lipinski definition) is 4. The van der Waals surface area contributed by atoms with Crippen molar-refractivity contribution >= 4 is 23.8 Å². The van der Waals surface area contributed by atoms with Crippen LogP contribution in [0, 0.1) is 0 Å². The van der Waals surface area contributed by atoms with E-state index in [1.807, 2.05) is 48.5 Å². The van der Waals surface area contributed by atoms with Crippen LogP contribution in [-0.4, -0.2) is 22.7 Å². The Morgan fingerprint density at radius 2 is 1.71 bits per heavy atom. The molecule has 3 aromatic rings. The van der Waals surface area contributed by atoms with E-state index in [1.54, 1.807) is 11.8 Å². The van der Waals surface area contributed by atoms with E-state index in [-0.39, 0.29) is 0 Å². The predicted octanol–water partition coefficient (Wildman–Crippen LogP) is 5.09. The van der Waals surface area contributed by atoms with E-state index in [0.717, 1.165) is 23.1 Å². The minimum Gasteiger partial charge on any atom is -0.491 e. The number of nitrogens with zero attached hydrogens (tertiary/aromatic N) is 1. The molecule has 28 heavy (non-hydrogen) atoms. The van der Waals surface area contributed by atoms with Gasteiger partial charge in [-0.2, -0.15) is 0 Å². The summed E-state index contributed by atoms with van der Waals surface area (Å²) in [6, 6.07) is 24.0. The average molecular weight is 391 g/mol. The van der Waals surface area contributed by atoms with Crippen molar-refractivity contribution in [2.45, 2.75) is 17.1 Å². The molecule has 0 aliphatic carbocycles. The maximum absolute atomic E-state index is 10.9. The third-order valence-electron chi connectivity index (χ3n) is 3.95. The van der Waals surface area contributed by atoms with Gasteiger partial charge in [0.1, 0.15) is 11.4 Å². The van der Waals surface area contributed by atoms with Crippen molar-refractivity contribution in [1.82, 2.24) is 4.98 Å². The fourth-order valence-corrected chi connectivity index (χ4v) is 3.40. The fraction of sp³-hybridized carbons (Fsp3) is 0.130. The molecular weight excluding hydrogens is 370 g/mol. The largest absolute Gasteiger partial charge is 0.491 e. The van der Waals surface area contributed by atoms with Crippen LogP contribution < -0.4 is 4.74 Å². The Bertz CT molecular complexity index is 927. The minimum atomic E-state index is -1.01. The van der Waals surface area contributed by atoms with Crippen LogP contribution >= 0.6 is 11.8 Å². The van der Waals surface area contributed by atoms with Crippen LogP contribution in [0.3, 0.4) is 0 Å². The summed E-state index contributed by atoms with van der Waals surface area (Å²) in [4.78, 5) is 16.7. The van der Waals surface area contributed by atoms with Crippen LogP contribution in [0.25, 0.3) is 6.08 Å². The Labute approximate surface area is 168 Å². The number of benzene rings is 2. The van der Waals surface area contributed by atoms with Crippen molar-refractivity contribution in [2.24, 2.45) is 0 Å². The van der Waals surface area contributed by atoms with Crippen molar-refractivity contribution in [3.63, 3.8) is 0 Å². The second-order valence-corrected chi connectivity index (χ2v) is 7.09. The molecule has 0 bridgehead atoms. The van der Waals surface area contributed by atoms with Gasteiger partial charge >= 0.3 is 5.97 Å². The lowest BCUT2D eigenvalue weighted by atomic mass is 10.2. The van der Waals surface area contributed by atoms with E-state index in [0.29, 0.717) is 23.8 Å². The molecule has 1 N–H and O–H groups in total. The molecule has 0 radical (unpaired) electrons. The predicted molar refractivity (Wildman–Crippen MR) is 113 cm³/mol. The molecule has 0 aliphatic rings. The SMILES string of the molecule is O=C(O)C=Cc1nc(CSc2ccccc2)ccc1OCCc1ccccc1. The first-order valence-corrected chi connectivity index (χ1v) is 9.95. The molecule has 0 saturated carbocycles. The molecule has 0 atom stereocenters. The van der Waals surface area contributed by atoms with Crippen LogP contribution in [0.4, 0.5) is 0 Å². The lowest BCUT2D eigenvalue weighted by Gasteiger charge is -2.11. The van der Waals surface area contributed by atoms with Crippen LogP contribution in [0.2, 0.25) is 0 Å². The number of aliphatic carboxylic acids is 1. The van der Waals surface area contributed by atoms with Crippen molar-refractivity contribution < 1.29 is 14.6 Å². The summed E-state index contributed by atoms with van der Waals surface area (Å²) in [5, 5.41) is 8.95. The van der Waals surface area contributed by atoms with E-state index >= 15 is 0 Å². The van der Waals surface area contributed by atoms with Gasteiger partial charge in [-0.3, -0.25) is 0 Å². The number of aromatic nitrogens is 1. The number of carboxylic acid groups (broad SMARTS) is 1. The fourth-order valence-electron chi connectivity index (χ4n) is 2.57. The van der Waals surface area contributed by atoms with Gasteiger partial charge < -0.3 is 9.84 Å². The summed E-state index contributed by atoms with van der Waals surface area (Å²) >= 11 is 1.68. The Morgan fingerprint density at radius 1 is 1.00 bits per heavy atom. The zero-order chi connectivity index (χ0) is 19.6. The summed E-state index contributed by atoms with van der Waals surface area (Å²) in [5.41, 5.74) is 2.59. The van der Waals surface area contributed by atoms with Gasteiger partial charge in [-0.1, -0.05) is 48.5 Å². The molecule has 4 nitrogen and oxygen atoms in total. The number of pyridine rings is 1. The highest BCUT2D eigenvalue weighted by atomic mass is 32.2. The summed E-state index contributed by atoms with van der Waals surface area (Å²) in [6.45, 7) is 0.498. The van der Waals surface area contributed by atoms with Crippen molar-refractivity contribution in [1.29, 1.82) is 0 Å². The number of thioether (sulfide) groups is 1. The first kappa shape index (κ1) is 19.7. The topological polar surface area (TPSA) is 59.4 Å². The second-order valence-electron chi connectivity index (χ2n) is 6.04. The number of rotatable bonds is 9. The maximum Gasteiger partial charge on any atom is 0.328 e. The summed E-state index contributed by atoms with van der Waals surface area (Å²) < 4.78 is 5.88. The Kier molecular flexibility index (Phi) is 7.27. The maximum atomic E-state index is 10.9. The van der Waals surface area contributed by atoms with Gasteiger partial charge in [0.25, 0.3) is 0 Å². The van der Waals surface area contributed by atoms with Crippen LogP contribution in [0.1, 0.15) is 17.0 Å². The molecule has 1 aromatic heterocycles. The van der Waals surface area contributed by atoms with E-state index in [9.17, 15) is 4.79 Å². The van der Waals surface area contributed by atoms with Gasteiger partial charge in [-0.25, -0.2) is 9.78 Å². The van der Waals surface area contributed by atoms with E-state index in [2.05, 4.69) is 29.2 Å². The Morgan fingerprint density at radius 3 is 2.43 bits per heavy atom. The average Bonchev–Trinajstić information content (AvgIpc) is 2.73. The normalized spacial score (nSPS) is 10.9. The number of ether oxygens (including phenoxy) is 1. The van der Waals surface area contributed by atoms with Crippen molar-refractivity contribution in [3.8, 4) is 5.75 Å². The summed E-state index contributed by atoms with van der Waals surface area (Å²) in [7, 11) is 0. The third-order valence-corrected chi connectivity index (χ3v) is 4.99. The lowest BCUT2D eigenvalue weighted by molar-refractivity contribution is -0.131. The molecule has 5 heteroatoms. The summed E-state index contributed by atoms with van der Waals surface area (Å²) in [5.74, 6) is 0.269. The van der Waals surface area contributed by atoms with Crippen LogP contribution in [-0.2, 0) is 17.0 Å². The standard InChI is InChI=1S/C23H21NO3S/c25-23(26)14-12-21-22(27-16-15-18-7-3-1-4-8-18)13-11-19(24-21)17-28-20-9-5-2-6-10-20/h1-14H,15-17H2,(H,25,26). The highest BCUT2D eigenvalue weighted by molar-refractivity contribution is 7.98. The summed E-state index contributed by atoms with van der Waals surface area (Å²) in [6.07, 6.45) is 3.34. The second kappa shape index (κ2) is 10.3. The first-order valence-electron chi connectivity index (χ1n) is 8.96. The molecular formula is C23H21NO3S. The molecule has 0 fully saturated rings. The van der Waals surface area contributed by atoms with Gasteiger partial charge in [-0.15, -0.1) is 11.8 Å². The van der Waals surface area contributed by atoms with E-state index in [4.69, 9.17) is 9.84 Å². The van der Waals surface area contributed by atoms with E-state index < -0.39 is 5.97 Å². The Hall–Kier alpha value is -3.05. The third kappa shape index (κ3) is 6.28. The Balaban J connectivity index is 1.68. The lowest BCUT2D eigenvalue weighted by Crippen LogP contribution is -2.04. The van der Waals surface area contributed by atoms with Gasteiger partial charge in [0.05, 0.1) is 12.3 Å². The van der Waals surface area contributed by atoms with Gasteiger partial charge in [0.2, 0.25) is 0 Å². The highest BCUT2D eigenvalue weighted by Crippen LogP contribution is 2.25. The monoisotopic (exact) mass is 391 g/mol. The van der Waals surface area contributed by atoms with Crippen molar-refractivity contribution in [3.05, 3.63) is 95.8 Å². The smallest absolute Gasteiger partial charge is 0.328 e. The quantitative estimate of drug-likeness (QED) is 0.406. The number of hydrogen-bond donors (Lipinski definition) is 1. The molecule has 0 amide bonds. The van der Waals surface area contributed by atoms with Gasteiger partial charge in [-0.05, 0) is 35.9 Å². The molecule has 0 unspecified atom stereocenters. The first-order chi connectivity index (χ1) is 13.7.